The van der Waals surface area contributed by atoms with Crippen molar-refractivity contribution in [3.63, 3.8) is 0 Å². The molecule has 3 aromatic heterocycles. The fraction of sp³-hybridized carbons (Fsp3) is 0.571. The van der Waals surface area contributed by atoms with E-state index in [2.05, 4.69) is 33.7 Å². The lowest BCUT2D eigenvalue weighted by molar-refractivity contribution is 0.248. The lowest BCUT2D eigenvalue weighted by Gasteiger charge is -2.30. The number of hydrogen-bond acceptors (Lipinski definition) is 6. The lowest BCUT2D eigenvalue weighted by atomic mass is 9.94. The van der Waals surface area contributed by atoms with Gasteiger partial charge in [0, 0.05) is 48.9 Å². The van der Waals surface area contributed by atoms with Gasteiger partial charge in [-0.15, -0.1) is 0 Å². The zero-order valence-electron chi connectivity index (χ0n) is 17.3. The second-order valence-electron chi connectivity index (χ2n) is 8.53. The van der Waals surface area contributed by atoms with Crippen LogP contribution in [0.5, 0.6) is 0 Å². The van der Waals surface area contributed by atoms with Gasteiger partial charge in [-0.3, -0.25) is 4.68 Å². The maximum atomic E-state index is 5.12. The quantitative estimate of drug-likeness (QED) is 0.706. The molecule has 8 heteroatoms. The number of fused-ring (bicyclic) bond motifs is 1. The number of aromatic nitrogens is 5. The number of likely N-dealkylation sites (tertiary alicyclic amines) is 1. The van der Waals surface area contributed by atoms with Crippen molar-refractivity contribution in [2.24, 2.45) is 7.05 Å². The number of rotatable bonds is 4. The van der Waals surface area contributed by atoms with Crippen LogP contribution in [0.15, 0.2) is 24.7 Å². The zero-order chi connectivity index (χ0) is 19.8. The summed E-state index contributed by atoms with van der Waals surface area (Å²) in [6.07, 6.45) is 10.5. The average Bonchev–Trinajstić information content (AvgIpc) is 3.35. The summed E-state index contributed by atoms with van der Waals surface area (Å²) in [6, 6.07) is 2.70. The first-order chi connectivity index (χ1) is 14.2. The van der Waals surface area contributed by atoms with Crippen LogP contribution in [-0.2, 0) is 7.05 Å². The molecule has 0 bridgehead atoms. The molecule has 0 aromatic carbocycles. The van der Waals surface area contributed by atoms with Gasteiger partial charge in [-0.2, -0.15) is 14.7 Å². The van der Waals surface area contributed by atoms with Crippen molar-refractivity contribution in [1.82, 2.24) is 34.6 Å². The lowest BCUT2D eigenvalue weighted by Crippen LogP contribution is -2.36. The summed E-state index contributed by atoms with van der Waals surface area (Å²) in [4.78, 5) is 7.53. The Balaban J connectivity index is 1.58. The minimum atomic E-state index is 0.462. The van der Waals surface area contributed by atoms with Crippen molar-refractivity contribution in [2.45, 2.75) is 37.6 Å². The first kappa shape index (κ1) is 18.6. The van der Waals surface area contributed by atoms with Crippen molar-refractivity contribution in [3.8, 4) is 11.1 Å². The van der Waals surface area contributed by atoms with Gasteiger partial charge in [0.2, 0.25) is 0 Å². The largest absolute Gasteiger partial charge is 0.367 e. The molecule has 0 radical (unpaired) electrons. The molecule has 2 fully saturated rings. The van der Waals surface area contributed by atoms with Crippen LogP contribution < -0.4 is 10.6 Å². The van der Waals surface area contributed by atoms with Crippen molar-refractivity contribution in [2.75, 3.05) is 38.5 Å². The highest BCUT2D eigenvalue weighted by Crippen LogP contribution is 2.31. The van der Waals surface area contributed by atoms with Gasteiger partial charge in [-0.25, -0.2) is 4.98 Å². The summed E-state index contributed by atoms with van der Waals surface area (Å²) in [5.41, 5.74) is 4.18. The SMILES string of the molecule is CN1CCCC(c2cc(NC3CCNCC3)n3ncc(-c4cnn(C)c4)c3n2)C1. The Bertz CT molecular complexity index is 984. The van der Waals surface area contributed by atoms with Gasteiger partial charge in [-0.05, 0) is 52.4 Å². The Morgan fingerprint density at radius 2 is 1.97 bits per heavy atom. The third kappa shape index (κ3) is 3.74. The predicted octanol–water partition coefficient (Wildman–Crippen LogP) is 2.10. The van der Waals surface area contributed by atoms with Crippen molar-refractivity contribution in [3.05, 3.63) is 30.4 Å². The predicted molar refractivity (Wildman–Crippen MR) is 114 cm³/mol. The van der Waals surface area contributed by atoms with Crippen molar-refractivity contribution in [1.29, 1.82) is 0 Å². The van der Waals surface area contributed by atoms with E-state index in [0.717, 1.165) is 55.1 Å². The number of aryl methyl sites for hydroxylation is 1. The van der Waals surface area contributed by atoms with Gasteiger partial charge >= 0.3 is 0 Å². The van der Waals surface area contributed by atoms with Gasteiger partial charge in [0.1, 0.15) is 5.82 Å². The van der Waals surface area contributed by atoms with E-state index in [1.807, 2.05) is 34.8 Å². The van der Waals surface area contributed by atoms with Crippen LogP contribution >= 0.6 is 0 Å². The van der Waals surface area contributed by atoms with Crippen LogP contribution in [-0.4, -0.2) is 68.5 Å². The number of nitrogens with zero attached hydrogens (tertiary/aromatic N) is 6. The van der Waals surface area contributed by atoms with Gasteiger partial charge in [0.15, 0.2) is 5.65 Å². The molecule has 3 aromatic rings. The maximum absolute atomic E-state index is 5.12. The number of hydrogen-bond donors (Lipinski definition) is 2. The molecule has 2 N–H and O–H groups in total. The Morgan fingerprint density at radius 3 is 2.72 bits per heavy atom. The second kappa shape index (κ2) is 7.76. The average molecular weight is 395 g/mol. The molecule has 0 aliphatic carbocycles. The van der Waals surface area contributed by atoms with Crippen molar-refractivity contribution >= 4 is 11.5 Å². The summed E-state index contributed by atoms with van der Waals surface area (Å²) in [5, 5.41) is 16.3. The minimum Gasteiger partial charge on any atom is -0.367 e. The van der Waals surface area contributed by atoms with Crippen LogP contribution in [0.3, 0.4) is 0 Å². The maximum Gasteiger partial charge on any atom is 0.165 e. The van der Waals surface area contributed by atoms with Gasteiger partial charge < -0.3 is 15.5 Å². The topological polar surface area (TPSA) is 75.3 Å². The summed E-state index contributed by atoms with van der Waals surface area (Å²) in [6.45, 7) is 4.36. The molecule has 1 atom stereocenters. The van der Waals surface area contributed by atoms with E-state index in [0.29, 0.717) is 12.0 Å². The molecule has 5 rings (SSSR count). The molecule has 0 spiro atoms. The number of nitrogens with one attached hydrogen (secondary N) is 2. The van der Waals surface area contributed by atoms with Crippen LogP contribution in [0, 0.1) is 0 Å². The molecule has 2 saturated heterocycles. The molecular weight excluding hydrogens is 364 g/mol. The van der Waals surface area contributed by atoms with E-state index in [4.69, 9.17) is 10.1 Å². The van der Waals surface area contributed by atoms with E-state index in [1.165, 1.54) is 25.1 Å². The van der Waals surface area contributed by atoms with Gasteiger partial charge in [0.25, 0.3) is 0 Å². The Kier molecular flexibility index (Phi) is 4.97. The number of piperidine rings is 2. The molecule has 1 unspecified atom stereocenters. The molecule has 0 amide bonds. The second-order valence-corrected chi connectivity index (χ2v) is 8.53. The molecule has 154 valence electrons. The highest BCUT2D eigenvalue weighted by atomic mass is 15.3. The fourth-order valence-electron chi connectivity index (χ4n) is 4.64. The number of anilines is 1. The summed E-state index contributed by atoms with van der Waals surface area (Å²) >= 11 is 0. The van der Waals surface area contributed by atoms with Crippen LogP contribution in [0.25, 0.3) is 16.8 Å². The number of likely N-dealkylation sites (N-methyl/N-ethyl adjacent to an activating group) is 1. The molecule has 2 aliphatic heterocycles. The van der Waals surface area contributed by atoms with Gasteiger partial charge in [-0.1, -0.05) is 0 Å². The van der Waals surface area contributed by atoms with Gasteiger partial charge in [0.05, 0.1) is 18.1 Å². The highest BCUT2D eigenvalue weighted by molar-refractivity contribution is 5.77. The monoisotopic (exact) mass is 394 g/mol. The third-order valence-corrected chi connectivity index (χ3v) is 6.24. The van der Waals surface area contributed by atoms with Crippen LogP contribution in [0.2, 0.25) is 0 Å². The third-order valence-electron chi connectivity index (χ3n) is 6.24. The van der Waals surface area contributed by atoms with Crippen LogP contribution in [0.4, 0.5) is 5.82 Å². The molecule has 8 nitrogen and oxygen atoms in total. The van der Waals surface area contributed by atoms with E-state index in [9.17, 15) is 0 Å². The Hall–Kier alpha value is -2.45. The molecular formula is C21H30N8. The smallest absolute Gasteiger partial charge is 0.165 e. The first-order valence-corrected chi connectivity index (χ1v) is 10.7. The van der Waals surface area contributed by atoms with Crippen LogP contribution in [0.1, 0.15) is 37.3 Å². The fourth-order valence-corrected chi connectivity index (χ4v) is 4.64. The standard InChI is InChI=1S/C21H30N8/c1-27-9-3-4-15(13-27)19-10-20(25-17-5-7-22-8-6-17)29-21(26-19)18(12-24-29)16-11-23-28(2)14-16/h10-12,14-15,17,22,25H,3-9,13H2,1-2H3. The molecule has 2 aliphatic rings. The van der Waals surface area contributed by atoms with E-state index < -0.39 is 0 Å². The van der Waals surface area contributed by atoms with Crippen molar-refractivity contribution < 1.29 is 0 Å². The summed E-state index contributed by atoms with van der Waals surface area (Å²) in [7, 11) is 4.15. The molecule has 29 heavy (non-hydrogen) atoms. The Labute approximate surface area is 171 Å². The summed E-state index contributed by atoms with van der Waals surface area (Å²) < 4.78 is 3.80. The molecule has 0 saturated carbocycles. The normalized spacial score (nSPS) is 21.7. The minimum absolute atomic E-state index is 0.462. The first-order valence-electron chi connectivity index (χ1n) is 10.7. The van der Waals surface area contributed by atoms with E-state index >= 15 is 0 Å². The summed E-state index contributed by atoms with van der Waals surface area (Å²) in [5.74, 6) is 1.52. The van der Waals surface area contributed by atoms with E-state index in [1.54, 1.807) is 0 Å². The highest BCUT2D eigenvalue weighted by Gasteiger charge is 2.24. The molecule has 5 heterocycles. The Morgan fingerprint density at radius 1 is 1.10 bits per heavy atom. The van der Waals surface area contributed by atoms with E-state index in [-0.39, 0.29) is 0 Å². The zero-order valence-corrected chi connectivity index (χ0v) is 17.3.